The second-order valence-corrected chi connectivity index (χ2v) is 8.55. The molecule has 30 heavy (non-hydrogen) atoms. The lowest BCUT2D eigenvalue weighted by Gasteiger charge is -2.34. The molecule has 1 heterocycles. The largest absolute Gasteiger partial charge is 0.490 e. The molecule has 0 amide bonds. The maximum atomic E-state index is 5.77. The van der Waals surface area contributed by atoms with Crippen LogP contribution in [0.1, 0.15) is 59.1 Å². The number of guanidine groups is 1. The Hall–Kier alpha value is -1.95. The molecular formula is C24H42N4O2. The van der Waals surface area contributed by atoms with E-state index in [9.17, 15) is 0 Å². The van der Waals surface area contributed by atoms with Gasteiger partial charge in [-0.3, -0.25) is 4.99 Å². The zero-order valence-corrected chi connectivity index (χ0v) is 19.8. The van der Waals surface area contributed by atoms with Gasteiger partial charge in [0.2, 0.25) is 0 Å². The fraction of sp³-hybridized carbons (Fsp3) is 0.708. The van der Waals surface area contributed by atoms with Gasteiger partial charge < -0.3 is 25.0 Å². The van der Waals surface area contributed by atoms with Crippen molar-refractivity contribution in [3.8, 4) is 11.5 Å². The van der Waals surface area contributed by atoms with E-state index in [0.717, 1.165) is 35.5 Å². The lowest BCUT2D eigenvalue weighted by molar-refractivity contribution is 0.159. The molecule has 1 fully saturated rings. The van der Waals surface area contributed by atoms with Crippen LogP contribution < -0.4 is 20.1 Å². The van der Waals surface area contributed by atoms with E-state index in [4.69, 9.17) is 9.47 Å². The second-order valence-electron chi connectivity index (χ2n) is 8.55. The first-order chi connectivity index (χ1) is 14.5. The van der Waals surface area contributed by atoms with Gasteiger partial charge >= 0.3 is 0 Å². The Morgan fingerprint density at radius 3 is 2.57 bits per heavy atom. The van der Waals surface area contributed by atoms with E-state index in [2.05, 4.69) is 53.4 Å². The minimum absolute atomic E-state index is 0.106. The molecule has 2 atom stereocenters. The predicted molar refractivity (Wildman–Crippen MR) is 126 cm³/mol. The highest BCUT2D eigenvalue weighted by atomic mass is 16.5. The minimum Gasteiger partial charge on any atom is -0.490 e. The van der Waals surface area contributed by atoms with Crippen LogP contribution in [0.3, 0.4) is 0 Å². The van der Waals surface area contributed by atoms with Crippen molar-refractivity contribution in [2.24, 2.45) is 16.8 Å². The van der Waals surface area contributed by atoms with Gasteiger partial charge in [-0.25, -0.2) is 0 Å². The van der Waals surface area contributed by atoms with Crippen molar-refractivity contribution in [3.63, 3.8) is 0 Å². The summed E-state index contributed by atoms with van der Waals surface area (Å²) in [6.07, 6.45) is 2.57. The van der Waals surface area contributed by atoms with Crippen LogP contribution in [0, 0.1) is 11.8 Å². The summed E-state index contributed by atoms with van der Waals surface area (Å²) in [7, 11) is 1.83. The molecule has 1 saturated heterocycles. The van der Waals surface area contributed by atoms with E-state index in [-0.39, 0.29) is 6.04 Å². The number of aliphatic imine (C=N–C) groups is 1. The third-order valence-corrected chi connectivity index (χ3v) is 5.43. The van der Waals surface area contributed by atoms with Gasteiger partial charge in [0, 0.05) is 26.7 Å². The minimum atomic E-state index is 0.106. The van der Waals surface area contributed by atoms with Crippen LogP contribution in [-0.4, -0.2) is 57.3 Å². The lowest BCUT2D eigenvalue weighted by atomic mass is 9.97. The number of likely N-dealkylation sites (tertiary alicyclic amines) is 1. The van der Waals surface area contributed by atoms with Gasteiger partial charge in [0.1, 0.15) is 0 Å². The summed E-state index contributed by atoms with van der Waals surface area (Å²) >= 11 is 0. The summed E-state index contributed by atoms with van der Waals surface area (Å²) in [6.45, 7) is 16.5. The average molecular weight is 419 g/mol. The van der Waals surface area contributed by atoms with E-state index >= 15 is 0 Å². The Bertz CT molecular complexity index is 663. The Kier molecular flexibility index (Phi) is 10.3. The van der Waals surface area contributed by atoms with Crippen LogP contribution in [0.25, 0.3) is 0 Å². The molecule has 2 unspecified atom stereocenters. The van der Waals surface area contributed by atoms with E-state index in [0.29, 0.717) is 19.1 Å². The number of rotatable bonds is 10. The summed E-state index contributed by atoms with van der Waals surface area (Å²) in [5.74, 6) is 3.82. The molecule has 0 aromatic heterocycles. The highest BCUT2D eigenvalue weighted by Gasteiger charge is 2.21. The first-order valence-electron chi connectivity index (χ1n) is 11.6. The molecule has 0 aliphatic carbocycles. The Balaban J connectivity index is 1.91. The van der Waals surface area contributed by atoms with Crippen molar-refractivity contribution in [3.05, 3.63) is 23.8 Å². The molecule has 0 radical (unpaired) electrons. The van der Waals surface area contributed by atoms with Crippen LogP contribution >= 0.6 is 0 Å². The van der Waals surface area contributed by atoms with Crippen molar-refractivity contribution < 1.29 is 9.47 Å². The highest BCUT2D eigenvalue weighted by molar-refractivity contribution is 5.80. The normalized spacial score (nSPS) is 18.9. The van der Waals surface area contributed by atoms with Gasteiger partial charge in [-0.2, -0.15) is 0 Å². The van der Waals surface area contributed by atoms with Crippen molar-refractivity contribution in [1.82, 2.24) is 15.5 Å². The van der Waals surface area contributed by atoms with E-state index in [1.165, 1.54) is 32.5 Å². The summed E-state index contributed by atoms with van der Waals surface area (Å²) in [6, 6.07) is 6.24. The summed E-state index contributed by atoms with van der Waals surface area (Å²) < 4.78 is 11.5. The molecule has 2 rings (SSSR count). The van der Waals surface area contributed by atoms with Crippen LogP contribution in [0.15, 0.2) is 23.2 Å². The van der Waals surface area contributed by atoms with Crippen molar-refractivity contribution in [2.45, 2.75) is 53.5 Å². The maximum absolute atomic E-state index is 5.77. The first-order valence-corrected chi connectivity index (χ1v) is 11.6. The molecule has 0 saturated carbocycles. The molecular weight excluding hydrogens is 376 g/mol. The number of ether oxygens (including phenoxy) is 2. The molecule has 0 bridgehead atoms. The van der Waals surface area contributed by atoms with Crippen LogP contribution in [-0.2, 0) is 0 Å². The topological polar surface area (TPSA) is 58.1 Å². The average Bonchev–Trinajstić information content (AvgIpc) is 2.72. The number of benzene rings is 1. The number of hydrogen-bond donors (Lipinski definition) is 2. The fourth-order valence-electron chi connectivity index (χ4n) is 4.06. The molecule has 2 N–H and O–H groups in total. The van der Waals surface area contributed by atoms with Crippen LogP contribution in [0.5, 0.6) is 11.5 Å². The van der Waals surface area contributed by atoms with Crippen LogP contribution in [0.4, 0.5) is 0 Å². The monoisotopic (exact) mass is 418 g/mol. The maximum Gasteiger partial charge on any atom is 0.191 e. The molecule has 6 nitrogen and oxygen atoms in total. The SMILES string of the molecule is CCOc1ccc(C(C)NC(=NC)NCC2CCCN(CC(C)C)C2)cc1OCC. The number of hydrogen-bond acceptors (Lipinski definition) is 4. The van der Waals surface area contributed by atoms with Crippen molar-refractivity contribution in [2.75, 3.05) is 46.4 Å². The molecule has 170 valence electrons. The number of nitrogens with one attached hydrogen (secondary N) is 2. The van der Waals surface area contributed by atoms with E-state index in [1.807, 2.05) is 27.0 Å². The standard InChI is InChI=1S/C24H42N4O2/c1-7-29-22-12-11-21(14-23(22)30-8-2)19(5)27-24(25-6)26-15-20-10-9-13-28(17-20)16-18(3)4/h11-12,14,18-20H,7-10,13,15-17H2,1-6H3,(H2,25,26,27). The quantitative estimate of drug-likeness (QED) is 0.443. The van der Waals surface area contributed by atoms with Gasteiger partial charge in [-0.05, 0) is 69.7 Å². The molecule has 1 aliphatic heterocycles. The first kappa shape index (κ1) is 24.3. The van der Waals surface area contributed by atoms with Crippen molar-refractivity contribution in [1.29, 1.82) is 0 Å². The third-order valence-electron chi connectivity index (χ3n) is 5.43. The molecule has 1 aromatic carbocycles. The second kappa shape index (κ2) is 12.7. The Morgan fingerprint density at radius 1 is 1.17 bits per heavy atom. The van der Waals surface area contributed by atoms with E-state index in [1.54, 1.807) is 0 Å². The van der Waals surface area contributed by atoms with E-state index < -0.39 is 0 Å². The van der Waals surface area contributed by atoms with Gasteiger partial charge in [0.15, 0.2) is 17.5 Å². The zero-order valence-electron chi connectivity index (χ0n) is 19.8. The van der Waals surface area contributed by atoms with Gasteiger partial charge in [0.05, 0.1) is 19.3 Å². The van der Waals surface area contributed by atoms with Crippen LogP contribution in [0.2, 0.25) is 0 Å². The Morgan fingerprint density at radius 2 is 1.90 bits per heavy atom. The molecule has 1 aromatic rings. The van der Waals surface area contributed by atoms with Gasteiger partial charge in [0.25, 0.3) is 0 Å². The summed E-state index contributed by atoms with van der Waals surface area (Å²) in [4.78, 5) is 7.04. The highest BCUT2D eigenvalue weighted by Crippen LogP contribution is 2.30. The van der Waals surface area contributed by atoms with Gasteiger partial charge in [-0.15, -0.1) is 0 Å². The molecule has 0 spiro atoms. The van der Waals surface area contributed by atoms with Gasteiger partial charge in [-0.1, -0.05) is 19.9 Å². The Labute approximate surface area is 183 Å². The summed E-state index contributed by atoms with van der Waals surface area (Å²) in [5, 5.41) is 7.06. The smallest absolute Gasteiger partial charge is 0.191 e. The molecule has 6 heteroatoms. The number of nitrogens with zero attached hydrogens (tertiary/aromatic N) is 2. The fourth-order valence-corrected chi connectivity index (χ4v) is 4.06. The summed E-state index contributed by atoms with van der Waals surface area (Å²) in [5.41, 5.74) is 1.14. The lowest BCUT2D eigenvalue weighted by Crippen LogP contribution is -2.45. The number of piperidine rings is 1. The molecule has 1 aliphatic rings. The predicted octanol–water partition coefficient (Wildman–Crippen LogP) is 4.08. The third kappa shape index (κ3) is 7.71. The van der Waals surface area contributed by atoms with Crippen molar-refractivity contribution >= 4 is 5.96 Å². The zero-order chi connectivity index (χ0) is 21.9.